The van der Waals surface area contributed by atoms with E-state index in [1.165, 1.54) is 0 Å². The zero-order valence-corrected chi connectivity index (χ0v) is 12.3. The largest absolute Gasteiger partial charge is 0.480 e. The zero-order chi connectivity index (χ0) is 14.0. The van der Waals surface area contributed by atoms with E-state index >= 15 is 0 Å². The van der Waals surface area contributed by atoms with E-state index in [1.807, 2.05) is 6.92 Å². The van der Waals surface area contributed by atoms with E-state index in [2.05, 4.69) is 21.2 Å². The number of carbonyl (C=O) groups is 2. The van der Waals surface area contributed by atoms with E-state index in [0.29, 0.717) is 18.4 Å². The molecular formula is C14H16BrNO3. The lowest BCUT2D eigenvalue weighted by Crippen LogP contribution is -2.52. The van der Waals surface area contributed by atoms with Crippen LogP contribution in [0.4, 0.5) is 0 Å². The van der Waals surface area contributed by atoms with Crippen LogP contribution in [0.25, 0.3) is 0 Å². The lowest BCUT2D eigenvalue weighted by Gasteiger charge is -2.25. The molecule has 0 spiro atoms. The molecule has 1 aromatic rings. The van der Waals surface area contributed by atoms with Crippen molar-refractivity contribution in [2.75, 3.05) is 0 Å². The highest BCUT2D eigenvalue weighted by atomic mass is 79.9. The van der Waals surface area contributed by atoms with E-state index in [1.54, 1.807) is 18.2 Å². The average Bonchev–Trinajstić information content (AvgIpc) is 2.82. The van der Waals surface area contributed by atoms with Crippen molar-refractivity contribution in [3.63, 3.8) is 0 Å². The molecule has 1 aliphatic rings. The summed E-state index contributed by atoms with van der Waals surface area (Å²) in [6.45, 7) is 1.89. The Morgan fingerprint density at radius 3 is 2.47 bits per heavy atom. The molecule has 1 fully saturated rings. The average molecular weight is 326 g/mol. The molecule has 0 unspecified atom stereocenters. The summed E-state index contributed by atoms with van der Waals surface area (Å²) < 4.78 is 0.929. The van der Waals surface area contributed by atoms with E-state index in [-0.39, 0.29) is 5.91 Å². The summed E-state index contributed by atoms with van der Waals surface area (Å²) >= 11 is 3.37. The predicted molar refractivity (Wildman–Crippen MR) is 75.2 cm³/mol. The van der Waals surface area contributed by atoms with Gasteiger partial charge in [-0.2, -0.15) is 0 Å². The molecule has 0 atom stereocenters. The van der Waals surface area contributed by atoms with Crippen molar-refractivity contribution in [2.45, 2.75) is 38.1 Å². The fourth-order valence-corrected chi connectivity index (χ4v) is 2.69. The van der Waals surface area contributed by atoms with Crippen LogP contribution in [0.3, 0.4) is 0 Å². The van der Waals surface area contributed by atoms with Gasteiger partial charge in [-0.25, -0.2) is 4.79 Å². The third kappa shape index (κ3) is 2.81. The van der Waals surface area contributed by atoms with Gasteiger partial charge in [0.1, 0.15) is 5.54 Å². The Bertz CT molecular complexity index is 521. The number of carboxylic acid groups (broad SMARTS) is 1. The number of halogens is 1. The molecule has 102 valence electrons. The standard InChI is InChI=1S/C14H16BrNO3/c1-9-8-10(4-5-11(9)15)12(17)16-14(13(18)19)6-2-3-7-14/h4-5,8H,2-3,6-7H2,1H3,(H,16,17)(H,18,19). The van der Waals surface area contributed by atoms with E-state index < -0.39 is 11.5 Å². The lowest BCUT2D eigenvalue weighted by molar-refractivity contribution is -0.144. The van der Waals surface area contributed by atoms with Crippen LogP contribution in [0.1, 0.15) is 41.6 Å². The number of aliphatic carboxylic acids is 1. The number of amides is 1. The third-order valence-electron chi connectivity index (χ3n) is 3.64. The highest BCUT2D eigenvalue weighted by Crippen LogP contribution is 2.30. The molecule has 0 heterocycles. The van der Waals surface area contributed by atoms with Crippen molar-refractivity contribution in [1.82, 2.24) is 5.32 Å². The molecule has 0 aliphatic heterocycles. The number of rotatable bonds is 3. The second-order valence-corrected chi connectivity index (χ2v) is 5.87. The van der Waals surface area contributed by atoms with Crippen LogP contribution in [-0.2, 0) is 4.79 Å². The van der Waals surface area contributed by atoms with Crippen LogP contribution < -0.4 is 5.32 Å². The minimum Gasteiger partial charge on any atom is -0.480 e. The van der Waals surface area contributed by atoms with Crippen molar-refractivity contribution >= 4 is 27.8 Å². The summed E-state index contributed by atoms with van der Waals surface area (Å²) in [5.74, 6) is -1.26. The van der Waals surface area contributed by atoms with E-state index in [0.717, 1.165) is 22.9 Å². The molecule has 0 radical (unpaired) electrons. The molecule has 1 saturated carbocycles. The van der Waals surface area contributed by atoms with Crippen LogP contribution in [-0.4, -0.2) is 22.5 Å². The molecule has 4 nitrogen and oxygen atoms in total. The number of hydrogen-bond donors (Lipinski definition) is 2. The van der Waals surface area contributed by atoms with Gasteiger partial charge in [0.15, 0.2) is 0 Å². The number of carboxylic acids is 1. The molecule has 19 heavy (non-hydrogen) atoms. The van der Waals surface area contributed by atoms with Gasteiger partial charge < -0.3 is 10.4 Å². The highest BCUT2D eigenvalue weighted by molar-refractivity contribution is 9.10. The number of hydrogen-bond acceptors (Lipinski definition) is 2. The second-order valence-electron chi connectivity index (χ2n) is 5.01. The summed E-state index contributed by atoms with van der Waals surface area (Å²) in [6.07, 6.45) is 2.69. The normalized spacial score (nSPS) is 17.2. The van der Waals surface area contributed by atoms with Gasteiger partial charge in [0.05, 0.1) is 0 Å². The Hall–Kier alpha value is -1.36. The maximum Gasteiger partial charge on any atom is 0.329 e. The summed E-state index contributed by atoms with van der Waals surface area (Å²) in [5, 5.41) is 12.0. The Labute approximate surface area is 120 Å². The molecule has 2 N–H and O–H groups in total. The zero-order valence-electron chi connectivity index (χ0n) is 10.7. The van der Waals surface area contributed by atoms with Crippen molar-refractivity contribution in [2.24, 2.45) is 0 Å². The molecule has 0 bridgehead atoms. The number of benzene rings is 1. The monoisotopic (exact) mass is 325 g/mol. The second kappa shape index (κ2) is 5.33. The first-order valence-corrected chi connectivity index (χ1v) is 7.06. The first-order valence-electron chi connectivity index (χ1n) is 6.27. The summed E-state index contributed by atoms with van der Waals surface area (Å²) in [4.78, 5) is 23.6. The van der Waals surface area contributed by atoms with Crippen LogP contribution >= 0.6 is 15.9 Å². The quantitative estimate of drug-likeness (QED) is 0.897. The SMILES string of the molecule is Cc1cc(C(=O)NC2(C(=O)O)CCCC2)ccc1Br. The van der Waals surface area contributed by atoms with E-state index in [4.69, 9.17) is 0 Å². The van der Waals surface area contributed by atoms with Gasteiger partial charge in [0, 0.05) is 10.0 Å². The van der Waals surface area contributed by atoms with Gasteiger partial charge in [0.25, 0.3) is 5.91 Å². The first-order chi connectivity index (χ1) is 8.94. The van der Waals surface area contributed by atoms with Crippen LogP contribution in [0, 0.1) is 6.92 Å². The van der Waals surface area contributed by atoms with Crippen LogP contribution in [0.5, 0.6) is 0 Å². The number of aryl methyl sites for hydroxylation is 1. The molecule has 0 saturated heterocycles. The molecule has 2 rings (SSSR count). The number of carbonyl (C=O) groups excluding carboxylic acids is 1. The molecule has 5 heteroatoms. The third-order valence-corrected chi connectivity index (χ3v) is 4.53. The van der Waals surface area contributed by atoms with Crippen LogP contribution in [0.2, 0.25) is 0 Å². The summed E-state index contributed by atoms with van der Waals surface area (Å²) in [7, 11) is 0. The van der Waals surface area contributed by atoms with Gasteiger partial charge in [-0.3, -0.25) is 4.79 Å². The Kier molecular flexibility index (Phi) is 3.94. The molecular weight excluding hydrogens is 310 g/mol. The van der Waals surface area contributed by atoms with Crippen molar-refractivity contribution < 1.29 is 14.7 Å². The smallest absolute Gasteiger partial charge is 0.329 e. The Balaban J connectivity index is 2.20. The van der Waals surface area contributed by atoms with Gasteiger partial charge >= 0.3 is 5.97 Å². The van der Waals surface area contributed by atoms with Gasteiger partial charge in [-0.05, 0) is 43.5 Å². The maximum absolute atomic E-state index is 12.2. The van der Waals surface area contributed by atoms with Gasteiger partial charge in [-0.1, -0.05) is 28.8 Å². The minimum absolute atomic E-state index is 0.320. The van der Waals surface area contributed by atoms with Crippen LogP contribution in [0.15, 0.2) is 22.7 Å². The molecule has 0 aromatic heterocycles. The van der Waals surface area contributed by atoms with Crippen molar-refractivity contribution in [3.8, 4) is 0 Å². The molecule has 1 aromatic carbocycles. The topological polar surface area (TPSA) is 66.4 Å². The van der Waals surface area contributed by atoms with Gasteiger partial charge in [-0.15, -0.1) is 0 Å². The summed E-state index contributed by atoms with van der Waals surface area (Å²) in [5.41, 5.74) is 0.356. The lowest BCUT2D eigenvalue weighted by atomic mass is 9.97. The maximum atomic E-state index is 12.2. The predicted octanol–water partition coefficient (Wildman–Crippen LogP) is 2.88. The van der Waals surface area contributed by atoms with E-state index in [9.17, 15) is 14.7 Å². The Morgan fingerprint density at radius 2 is 1.95 bits per heavy atom. The minimum atomic E-state index is -1.09. The first kappa shape index (κ1) is 14.1. The van der Waals surface area contributed by atoms with Crippen molar-refractivity contribution in [1.29, 1.82) is 0 Å². The van der Waals surface area contributed by atoms with Gasteiger partial charge in [0.2, 0.25) is 0 Å². The highest BCUT2D eigenvalue weighted by Gasteiger charge is 2.42. The summed E-state index contributed by atoms with van der Waals surface area (Å²) in [6, 6.07) is 5.24. The molecule has 1 amide bonds. The number of nitrogens with one attached hydrogen (secondary N) is 1. The fourth-order valence-electron chi connectivity index (χ4n) is 2.45. The Morgan fingerprint density at radius 1 is 1.32 bits per heavy atom. The van der Waals surface area contributed by atoms with Crippen molar-refractivity contribution in [3.05, 3.63) is 33.8 Å². The fraction of sp³-hybridized carbons (Fsp3) is 0.429. The molecule has 1 aliphatic carbocycles.